The van der Waals surface area contributed by atoms with Crippen LogP contribution in [0.1, 0.15) is 58.8 Å². The molecule has 5 unspecified atom stereocenters. The van der Waals surface area contributed by atoms with Gasteiger partial charge in [0.2, 0.25) is 23.6 Å². The Morgan fingerprint density at radius 1 is 1.03 bits per heavy atom. The van der Waals surface area contributed by atoms with Crippen molar-refractivity contribution >= 4 is 35.6 Å². The van der Waals surface area contributed by atoms with Gasteiger partial charge < -0.3 is 43.6 Å². The zero-order valence-corrected chi connectivity index (χ0v) is 20.9. The summed E-state index contributed by atoms with van der Waals surface area (Å²) in [6.07, 6.45) is 2.19. The van der Waals surface area contributed by atoms with E-state index in [4.69, 9.17) is 17.2 Å². The minimum atomic E-state index is -1.35. The van der Waals surface area contributed by atoms with Crippen LogP contribution in [0.4, 0.5) is 0 Å². The van der Waals surface area contributed by atoms with Crippen molar-refractivity contribution in [3.05, 3.63) is 0 Å². The number of hydrogen-bond acceptors (Lipinski definition) is 7. The van der Waals surface area contributed by atoms with Gasteiger partial charge in [0.15, 0.2) is 5.96 Å². The number of carboxylic acid groups (broad SMARTS) is 1. The highest BCUT2D eigenvalue weighted by Crippen LogP contribution is 2.12. The fraction of sp³-hybridized carbons (Fsp3) is 0.727. The minimum Gasteiger partial charge on any atom is -0.480 e. The summed E-state index contributed by atoms with van der Waals surface area (Å²) >= 11 is 0. The van der Waals surface area contributed by atoms with Crippen molar-refractivity contribution in [2.75, 3.05) is 13.1 Å². The first-order chi connectivity index (χ1) is 17.0. The van der Waals surface area contributed by atoms with Crippen LogP contribution in [0.25, 0.3) is 0 Å². The quantitative estimate of drug-likeness (QED) is 0.0625. The fourth-order valence-electron chi connectivity index (χ4n) is 3.71. The highest BCUT2D eigenvalue weighted by Gasteiger charge is 2.33. The third-order valence-corrected chi connectivity index (χ3v) is 6.04. The summed E-state index contributed by atoms with van der Waals surface area (Å²) in [7, 11) is 0. The van der Waals surface area contributed by atoms with Crippen LogP contribution in [0.3, 0.4) is 0 Å². The first kappa shape index (κ1) is 30.6. The van der Waals surface area contributed by atoms with Gasteiger partial charge in [0.1, 0.15) is 18.1 Å². The van der Waals surface area contributed by atoms with Gasteiger partial charge in [-0.1, -0.05) is 20.3 Å². The number of hydrogen-bond donors (Lipinski definition) is 8. The Labute approximate surface area is 210 Å². The van der Waals surface area contributed by atoms with Gasteiger partial charge in [-0.25, -0.2) is 4.79 Å². The van der Waals surface area contributed by atoms with Gasteiger partial charge in [0.25, 0.3) is 0 Å². The molecular formula is C22H40N8O6. The van der Waals surface area contributed by atoms with Crippen molar-refractivity contribution < 1.29 is 29.1 Å². The second-order valence-electron chi connectivity index (χ2n) is 8.94. The lowest BCUT2D eigenvalue weighted by Gasteiger charge is -2.28. The number of aliphatic imine (C=N–C) groups is 1. The Hall–Kier alpha value is -3.42. The molecule has 0 aromatic rings. The lowest BCUT2D eigenvalue weighted by Crippen LogP contribution is -2.58. The third kappa shape index (κ3) is 10.9. The highest BCUT2D eigenvalue weighted by molar-refractivity contribution is 5.94. The number of nitrogens with zero attached hydrogens (tertiary/aromatic N) is 1. The van der Waals surface area contributed by atoms with Gasteiger partial charge in [-0.05, 0) is 44.6 Å². The number of rotatable bonds is 16. The third-order valence-electron chi connectivity index (χ3n) is 6.04. The molecule has 0 saturated carbocycles. The Morgan fingerprint density at radius 2 is 1.72 bits per heavy atom. The number of carbonyl (C=O) groups is 5. The molecule has 1 rings (SSSR count). The van der Waals surface area contributed by atoms with Crippen LogP contribution in [0.15, 0.2) is 4.99 Å². The molecule has 1 aliphatic rings. The predicted octanol–water partition coefficient (Wildman–Crippen LogP) is -2.36. The maximum Gasteiger partial charge on any atom is 0.326 e. The first-order valence-electron chi connectivity index (χ1n) is 12.2. The number of nitrogens with two attached hydrogens (primary N) is 3. The molecule has 4 amide bonds. The molecule has 0 aromatic carbocycles. The van der Waals surface area contributed by atoms with E-state index in [0.717, 1.165) is 6.42 Å². The lowest BCUT2D eigenvalue weighted by molar-refractivity contribution is -0.143. The van der Waals surface area contributed by atoms with Gasteiger partial charge >= 0.3 is 5.97 Å². The van der Waals surface area contributed by atoms with E-state index in [1.807, 2.05) is 6.92 Å². The summed E-state index contributed by atoms with van der Waals surface area (Å²) in [5.74, 6) is -4.09. The Morgan fingerprint density at radius 3 is 2.25 bits per heavy atom. The monoisotopic (exact) mass is 512 g/mol. The first-order valence-corrected chi connectivity index (χ1v) is 12.2. The number of carbonyl (C=O) groups excluding carboxylic acids is 4. The summed E-state index contributed by atoms with van der Waals surface area (Å²) in [6, 6.07) is -3.79. The molecule has 1 aliphatic heterocycles. The standard InChI is InChI=1S/C22H40N8O6/c1-3-12(2)17(20(34)29-15(21(35)36)8-9-16(23)31)30-19(33)14(7-5-11-27-22(24)25)28-18(32)13-6-4-10-26-13/h12-15,17,26H,3-11H2,1-2H3,(H2,23,31)(H,28,32)(H,29,34)(H,30,33)(H,35,36)(H4,24,25,27). The van der Waals surface area contributed by atoms with E-state index in [1.54, 1.807) is 6.92 Å². The Bertz CT molecular complexity index is 810. The maximum atomic E-state index is 13.2. The number of amides is 4. The van der Waals surface area contributed by atoms with Crippen molar-refractivity contribution in [3.8, 4) is 0 Å². The molecular weight excluding hydrogens is 472 g/mol. The van der Waals surface area contributed by atoms with Gasteiger partial charge in [-0.2, -0.15) is 0 Å². The van der Waals surface area contributed by atoms with Crippen molar-refractivity contribution in [2.24, 2.45) is 28.1 Å². The molecule has 14 nitrogen and oxygen atoms in total. The molecule has 1 heterocycles. The van der Waals surface area contributed by atoms with Crippen LogP contribution in [0, 0.1) is 5.92 Å². The Balaban J connectivity index is 2.97. The summed E-state index contributed by atoms with van der Waals surface area (Å²) in [4.78, 5) is 65.3. The van der Waals surface area contributed by atoms with Crippen molar-refractivity contribution in [3.63, 3.8) is 0 Å². The highest BCUT2D eigenvalue weighted by atomic mass is 16.4. The molecule has 1 fully saturated rings. The SMILES string of the molecule is CCC(C)C(NC(=O)C(CCCN=C(N)N)NC(=O)C1CCCN1)C(=O)NC(CCC(N)=O)C(=O)O. The molecule has 0 aliphatic carbocycles. The van der Waals surface area contributed by atoms with Crippen molar-refractivity contribution in [1.82, 2.24) is 21.3 Å². The molecule has 0 radical (unpaired) electrons. The average Bonchev–Trinajstić information content (AvgIpc) is 3.35. The maximum absolute atomic E-state index is 13.2. The summed E-state index contributed by atoms with van der Waals surface area (Å²) in [6.45, 7) is 4.51. The molecule has 11 N–H and O–H groups in total. The normalized spacial score (nSPS) is 18.2. The van der Waals surface area contributed by atoms with Crippen LogP contribution in [0.5, 0.6) is 0 Å². The molecule has 0 aromatic heterocycles. The number of carboxylic acids is 1. The molecule has 5 atom stereocenters. The molecule has 0 spiro atoms. The predicted molar refractivity (Wildman–Crippen MR) is 132 cm³/mol. The zero-order valence-electron chi connectivity index (χ0n) is 20.9. The van der Waals surface area contributed by atoms with E-state index >= 15 is 0 Å². The Kier molecular flexibility index (Phi) is 13.2. The number of nitrogens with one attached hydrogen (secondary N) is 4. The van der Waals surface area contributed by atoms with Crippen LogP contribution >= 0.6 is 0 Å². The topological polar surface area (TPSA) is 244 Å². The second-order valence-corrected chi connectivity index (χ2v) is 8.94. The minimum absolute atomic E-state index is 0.0898. The number of primary amides is 1. The van der Waals surface area contributed by atoms with Crippen LogP contribution in [-0.2, 0) is 24.0 Å². The molecule has 204 valence electrons. The van der Waals surface area contributed by atoms with Gasteiger partial charge in [0.05, 0.1) is 6.04 Å². The van der Waals surface area contributed by atoms with E-state index in [9.17, 15) is 29.1 Å². The van der Waals surface area contributed by atoms with Crippen LogP contribution < -0.4 is 38.5 Å². The van der Waals surface area contributed by atoms with E-state index in [2.05, 4.69) is 26.3 Å². The lowest BCUT2D eigenvalue weighted by atomic mass is 9.96. The van der Waals surface area contributed by atoms with E-state index < -0.39 is 47.9 Å². The van der Waals surface area contributed by atoms with Gasteiger partial charge in [-0.3, -0.25) is 24.2 Å². The van der Waals surface area contributed by atoms with Gasteiger partial charge in [-0.15, -0.1) is 0 Å². The molecule has 0 bridgehead atoms. The summed E-state index contributed by atoms with van der Waals surface area (Å²) in [5.41, 5.74) is 15.8. The van der Waals surface area contributed by atoms with Crippen LogP contribution in [-0.4, -0.2) is 77.9 Å². The molecule has 1 saturated heterocycles. The van der Waals surface area contributed by atoms with E-state index in [0.29, 0.717) is 25.8 Å². The zero-order chi connectivity index (χ0) is 27.3. The number of guanidine groups is 1. The summed E-state index contributed by atoms with van der Waals surface area (Å²) in [5, 5.41) is 20.3. The fourth-order valence-corrected chi connectivity index (χ4v) is 3.71. The van der Waals surface area contributed by atoms with Crippen molar-refractivity contribution in [2.45, 2.75) is 83.0 Å². The smallest absolute Gasteiger partial charge is 0.326 e. The molecule has 14 heteroatoms. The van der Waals surface area contributed by atoms with E-state index in [-0.39, 0.29) is 43.6 Å². The van der Waals surface area contributed by atoms with Crippen LogP contribution in [0.2, 0.25) is 0 Å². The molecule has 36 heavy (non-hydrogen) atoms. The van der Waals surface area contributed by atoms with Crippen molar-refractivity contribution in [1.29, 1.82) is 0 Å². The number of aliphatic carboxylic acids is 1. The second kappa shape index (κ2) is 15.5. The van der Waals surface area contributed by atoms with Gasteiger partial charge in [0, 0.05) is 13.0 Å². The largest absolute Gasteiger partial charge is 0.480 e. The summed E-state index contributed by atoms with van der Waals surface area (Å²) < 4.78 is 0. The van der Waals surface area contributed by atoms with E-state index in [1.165, 1.54) is 0 Å². The average molecular weight is 513 g/mol.